The SMILES string of the molecule is CC1CCC(C)[NH+](CC(=O)C2CCC(I)C([NH+]([O-])O)C2)C1. The Bertz CT molecular complexity index is 367. The Labute approximate surface area is 140 Å². The molecule has 0 aromatic rings. The van der Waals surface area contributed by atoms with Crippen LogP contribution in [0.2, 0.25) is 0 Å². The number of likely N-dealkylation sites (tertiary alicyclic amines) is 1. The molecule has 2 aliphatic rings. The molecule has 0 aromatic carbocycles. The maximum atomic E-state index is 12.6. The summed E-state index contributed by atoms with van der Waals surface area (Å²) in [6, 6.07) is 0.210. The first-order chi connectivity index (χ1) is 9.88. The number of carbonyl (C=O) groups excluding carboxylic acids is 1. The summed E-state index contributed by atoms with van der Waals surface area (Å²) >= 11 is 2.23. The van der Waals surface area contributed by atoms with Gasteiger partial charge in [0.2, 0.25) is 0 Å². The lowest BCUT2D eigenvalue weighted by atomic mass is 9.82. The predicted molar refractivity (Wildman–Crippen MR) is 88.6 cm³/mol. The first-order valence-electron chi connectivity index (χ1n) is 8.12. The topological polar surface area (TPSA) is 69.2 Å². The summed E-state index contributed by atoms with van der Waals surface area (Å²) in [5, 5.41) is 19.8. The Morgan fingerprint density at radius 2 is 2.05 bits per heavy atom. The minimum atomic E-state index is -0.737. The summed E-state index contributed by atoms with van der Waals surface area (Å²) < 4.78 is 0.172. The van der Waals surface area contributed by atoms with E-state index in [1.54, 1.807) is 0 Å². The molecule has 7 unspecified atom stereocenters. The van der Waals surface area contributed by atoms with E-state index in [4.69, 9.17) is 0 Å². The molecule has 7 atom stereocenters. The minimum Gasteiger partial charge on any atom is -0.600 e. The van der Waals surface area contributed by atoms with Gasteiger partial charge in [0, 0.05) is 18.3 Å². The highest BCUT2D eigenvalue weighted by Gasteiger charge is 2.38. The van der Waals surface area contributed by atoms with Gasteiger partial charge in [0.25, 0.3) is 0 Å². The van der Waals surface area contributed by atoms with E-state index in [1.807, 2.05) is 0 Å². The molecule has 5 nitrogen and oxygen atoms in total. The van der Waals surface area contributed by atoms with Gasteiger partial charge < -0.3 is 10.1 Å². The van der Waals surface area contributed by atoms with E-state index in [2.05, 4.69) is 36.4 Å². The fourth-order valence-corrected chi connectivity index (χ4v) is 4.75. The summed E-state index contributed by atoms with van der Waals surface area (Å²) in [4.78, 5) is 14.0. The second-order valence-corrected chi connectivity index (χ2v) is 8.66. The van der Waals surface area contributed by atoms with Gasteiger partial charge >= 0.3 is 0 Å². The molecule has 0 amide bonds. The summed E-state index contributed by atoms with van der Waals surface area (Å²) in [6.45, 7) is 6.17. The van der Waals surface area contributed by atoms with E-state index in [9.17, 15) is 15.2 Å². The van der Waals surface area contributed by atoms with Crippen molar-refractivity contribution in [3.8, 4) is 0 Å². The maximum absolute atomic E-state index is 12.6. The third-order valence-electron chi connectivity index (χ3n) is 5.34. The quantitative estimate of drug-likeness (QED) is 0.347. The number of carbonyl (C=O) groups is 1. The first kappa shape index (κ1) is 17.6. The number of ketones is 1. The summed E-state index contributed by atoms with van der Waals surface area (Å²) in [5.41, 5.74) is 0. The zero-order valence-corrected chi connectivity index (χ0v) is 15.1. The fraction of sp³-hybridized carbons (Fsp3) is 0.933. The van der Waals surface area contributed by atoms with Crippen molar-refractivity contribution < 1.29 is 20.1 Å². The average molecular weight is 411 g/mol. The number of halogens is 1. The van der Waals surface area contributed by atoms with Crippen molar-refractivity contribution >= 4 is 28.4 Å². The molecule has 0 bridgehead atoms. The maximum Gasteiger partial charge on any atom is 0.190 e. The average Bonchev–Trinajstić information content (AvgIpc) is 2.43. The van der Waals surface area contributed by atoms with Gasteiger partial charge in [0.05, 0.1) is 16.5 Å². The van der Waals surface area contributed by atoms with Crippen molar-refractivity contribution in [2.75, 3.05) is 13.1 Å². The molecule has 0 radical (unpaired) electrons. The van der Waals surface area contributed by atoms with Gasteiger partial charge in [0.15, 0.2) is 5.78 Å². The summed E-state index contributed by atoms with van der Waals surface area (Å²) in [5.74, 6) is 0.954. The van der Waals surface area contributed by atoms with Crippen LogP contribution in [0.3, 0.4) is 0 Å². The van der Waals surface area contributed by atoms with Crippen molar-refractivity contribution in [2.24, 2.45) is 11.8 Å². The van der Waals surface area contributed by atoms with Crippen molar-refractivity contribution in [3.05, 3.63) is 5.21 Å². The molecule has 1 aliphatic carbocycles. The number of Topliss-reactive ketones (excluding diaryl/α,β-unsaturated/α-hetero) is 1. The van der Waals surface area contributed by atoms with Gasteiger partial charge in [-0.05, 0) is 32.6 Å². The van der Waals surface area contributed by atoms with Gasteiger partial charge in [0.1, 0.15) is 12.6 Å². The van der Waals surface area contributed by atoms with Gasteiger partial charge in [-0.1, -0.05) is 29.5 Å². The minimum absolute atomic E-state index is 0.0333. The number of quaternary nitrogens is 2. The number of rotatable bonds is 4. The number of hydrogen-bond donors (Lipinski definition) is 3. The van der Waals surface area contributed by atoms with E-state index in [0.717, 1.165) is 19.4 Å². The molecular formula is C15H28IN2O3+. The van der Waals surface area contributed by atoms with Gasteiger partial charge in [-0.2, -0.15) is 0 Å². The second-order valence-electron chi connectivity index (χ2n) is 7.06. The van der Waals surface area contributed by atoms with Crippen molar-refractivity contribution in [2.45, 2.75) is 62.0 Å². The molecule has 1 saturated carbocycles. The molecule has 1 saturated heterocycles. The predicted octanol–water partition coefficient (Wildman–Crippen LogP) is 0.00300. The molecule has 21 heavy (non-hydrogen) atoms. The lowest BCUT2D eigenvalue weighted by Crippen LogP contribution is -3.17. The largest absolute Gasteiger partial charge is 0.600 e. The molecule has 3 N–H and O–H groups in total. The van der Waals surface area contributed by atoms with Gasteiger partial charge in [-0.25, -0.2) is 10.4 Å². The number of nitrogens with one attached hydrogen (secondary N) is 2. The van der Waals surface area contributed by atoms with Crippen LogP contribution in [-0.2, 0) is 4.79 Å². The third-order valence-corrected chi connectivity index (χ3v) is 6.83. The Kier molecular flexibility index (Phi) is 6.43. The second kappa shape index (κ2) is 7.68. The fourth-order valence-electron chi connectivity index (χ4n) is 3.79. The molecule has 0 spiro atoms. The van der Waals surface area contributed by atoms with Crippen LogP contribution >= 0.6 is 22.6 Å². The van der Waals surface area contributed by atoms with Crippen molar-refractivity contribution in [1.29, 1.82) is 0 Å². The van der Waals surface area contributed by atoms with E-state index in [0.29, 0.717) is 30.7 Å². The third kappa shape index (κ3) is 4.60. The Hall–Kier alpha value is 0.240. The molecule has 6 heteroatoms. The summed E-state index contributed by atoms with van der Waals surface area (Å²) in [7, 11) is 0. The molecule has 1 aliphatic heterocycles. The van der Waals surface area contributed by atoms with Crippen LogP contribution in [0.4, 0.5) is 0 Å². The van der Waals surface area contributed by atoms with Gasteiger partial charge in [-0.15, -0.1) is 0 Å². The normalized spacial score (nSPS) is 42.5. The zero-order valence-electron chi connectivity index (χ0n) is 13.0. The Morgan fingerprint density at radius 1 is 1.33 bits per heavy atom. The van der Waals surface area contributed by atoms with Crippen LogP contribution in [-0.4, -0.2) is 40.1 Å². The highest BCUT2D eigenvalue weighted by atomic mass is 127. The standard InChI is InChI=1S/C15H27IN2O3/c1-10-3-4-11(2)17(8-10)9-15(19)12-5-6-13(16)14(7-12)18(20)21/h10-14,18,20H,3-9H2,1-2H3/p+1. The Balaban J connectivity index is 1.90. The van der Waals surface area contributed by atoms with Crippen LogP contribution in [0.25, 0.3) is 0 Å². The van der Waals surface area contributed by atoms with Crippen LogP contribution in [0.5, 0.6) is 0 Å². The van der Waals surface area contributed by atoms with E-state index >= 15 is 0 Å². The zero-order chi connectivity index (χ0) is 15.6. The van der Waals surface area contributed by atoms with E-state index < -0.39 is 5.23 Å². The van der Waals surface area contributed by atoms with Crippen LogP contribution in [0.15, 0.2) is 0 Å². The number of hydroxylamine groups is 2. The number of alkyl halides is 1. The van der Waals surface area contributed by atoms with Crippen LogP contribution in [0.1, 0.15) is 46.0 Å². The smallest absolute Gasteiger partial charge is 0.190 e. The van der Waals surface area contributed by atoms with Crippen LogP contribution in [0, 0.1) is 17.0 Å². The Morgan fingerprint density at radius 3 is 2.71 bits per heavy atom. The highest BCUT2D eigenvalue weighted by molar-refractivity contribution is 14.1. The van der Waals surface area contributed by atoms with Crippen molar-refractivity contribution in [1.82, 2.24) is 0 Å². The van der Waals surface area contributed by atoms with E-state index in [-0.39, 0.29) is 15.9 Å². The van der Waals surface area contributed by atoms with Crippen LogP contribution < -0.4 is 10.1 Å². The highest BCUT2D eigenvalue weighted by Crippen LogP contribution is 2.28. The molecule has 122 valence electrons. The molecular weight excluding hydrogens is 383 g/mol. The lowest BCUT2D eigenvalue weighted by molar-refractivity contribution is -1.07. The molecule has 2 fully saturated rings. The molecule has 1 heterocycles. The number of piperidine rings is 1. The summed E-state index contributed by atoms with van der Waals surface area (Å²) in [6.07, 6.45) is 4.73. The first-order valence-corrected chi connectivity index (χ1v) is 9.37. The van der Waals surface area contributed by atoms with Gasteiger partial charge in [-0.3, -0.25) is 4.79 Å². The van der Waals surface area contributed by atoms with E-state index in [1.165, 1.54) is 17.7 Å². The molecule has 2 rings (SSSR count). The number of hydrogen-bond acceptors (Lipinski definition) is 3. The lowest BCUT2D eigenvalue weighted by Gasteiger charge is -2.37. The monoisotopic (exact) mass is 411 g/mol. The van der Waals surface area contributed by atoms with Crippen molar-refractivity contribution in [3.63, 3.8) is 0 Å². The molecule has 0 aromatic heterocycles.